The first-order valence-corrected chi connectivity index (χ1v) is 5.99. The number of ether oxygens (including phenoxy) is 1. The summed E-state index contributed by atoms with van der Waals surface area (Å²) in [6, 6.07) is 0.277. The largest absolute Gasteiger partial charge is 0.381 e. The van der Waals surface area contributed by atoms with Crippen molar-refractivity contribution < 1.29 is 4.74 Å². The predicted octanol–water partition coefficient (Wildman–Crippen LogP) is 1.55. The van der Waals surface area contributed by atoms with E-state index in [0.29, 0.717) is 5.92 Å². The highest BCUT2D eigenvalue weighted by atomic mass is 16.5. The lowest BCUT2D eigenvalue weighted by Crippen LogP contribution is -2.34. The molecule has 16 heavy (non-hydrogen) atoms. The van der Waals surface area contributed by atoms with E-state index in [2.05, 4.69) is 22.2 Å². The van der Waals surface area contributed by atoms with Crippen LogP contribution in [0.2, 0.25) is 0 Å². The number of nitrogens with one attached hydrogen (secondary N) is 1. The predicted molar refractivity (Wildman–Crippen MR) is 62.0 cm³/mol. The standard InChI is InChI=1S/C12H19N3O/c1-2-14-12(10-4-3-7-16-9-10)11-8-13-5-6-15-11/h5-6,8,10,12,14H,2-4,7,9H2,1H3. The van der Waals surface area contributed by atoms with Crippen molar-refractivity contribution in [3.05, 3.63) is 24.3 Å². The van der Waals surface area contributed by atoms with Crippen LogP contribution < -0.4 is 5.32 Å². The molecule has 2 unspecified atom stereocenters. The Hall–Kier alpha value is -1.00. The summed E-state index contributed by atoms with van der Waals surface area (Å²) < 4.78 is 5.54. The second-order valence-electron chi connectivity index (χ2n) is 4.14. The zero-order chi connectivity index (χ0) is 11.2. The van der Waals surface area contributed by atoms with Crippen molar-refractivity contribution >= 4 is 0 Å². The molecule has 1 aromatic heterocycles. The van der Waals surface area contributed by atoms with Gasteiger partial charge >= 0.3 is 0 Å². The molecule has 0 radical (unpaired) electrons. The second-order valence-corrected chi connectivity index (χ2v) is 4.14. The summed E-state index contributed by atoms with van der Waals surface area (Å²) in [6.07, 6.45) is 7.66. The van der Waals surface area contributed by atoms with E-state index in [-0.39, 0.29) is 6.04 Å². The highest BCUT2D eigenvalue weighted by Gasteiger charge is 2.25. The minimum atomic E-state index is 0.277. The minimum Gasteiger partial charge on any atom is -0.381 e. The van der Waals surface area contributed by atoms with Crippen LogP contribution >= 0.6 is 0 Å². The average molecular weight is 221 g/mol. The average Bonchev–Trinajstić information content (AvgIpc) is 2.38. The van der Waals surface area contributed by atoms with Crippen LogP contribution in [0.1, 0.15) is 31.5 Å². The van der Waals surface area contributed by atoms with E-state index in [1.54, 1.807) is 12.4 Å². The third-order valence-corrected chi connectivity index (χ3v) is 2.99. The van der Waals surface area contributed by atoms with Gasteiger partial charge in [0.15, 0.2) is 0 Å². The van der Waals surface area contributed by atoms with Gasteiger partial charge in [-0.2, -0.15) is 0 Å². The monoisotopic (exact) mass is 221 g/mol. The van der Waals surface area contributed by atoms with Crippen LogP contribution in [0.3, 0.4) is 0 Å². The fourth-order valence-corrected chi connectivity index (χ4v) is 2.23. The molecule has 1 N–H and O–H groups in total. The van der Waals surface area contributed by atoms with Crippen LogP contribution in [0.25, 0.3) is 0 Å². The van der Waals surface area contributed by atoms with Crippen molar-refractivity contribution in [1.82, 2.24) is 15.3 Å². The highest BCUT2D eigenvalue weighted by Crippen LogP contribution is 2.27. The van der Waals surface area contributed by atoms with Crippen LogP contribution in [-0.4, -0.2) is 29.7 Å². The Morgan fingerprint density at radius 3 is 3.12 bits per heavy atom. The third-order valence-electron chi connectivity index (χ3n) is 2.99. The first-order chi connectivity index (χ1) is 7.92. The van der Waals surface area contributed by atoms with E-state index < -0.39 is 0 Å². The molecule has 2 atom stereocenters. The van der Waals surface area contributed by atoms with Gasteiger partial charge in [-0.25, -0.2) is 0 Å². The van der Waals surface area contributed by atoms with Gasteiger partial charge in [0.1, 0.15) is 0 Å². The Morgan fingerprint density at radius 2 is 2.50 bits per heavy atom. The van der Waals surface area contributed by atoms with Crippen LogP contribution in [0.5, 0.6) is 0 Å². The van der Waals surface area contributed by atoms with Crippen LogP contribution in [-0.2, 0) is 4.74 Å². The van der Waals surface area contributed by atoms with Gasteiger partial charge in [-0.3, -0.25) is 9.97 Å². The van der Waals surface area contributed by atoms with E-state index >= 15 is 0 Å². The molecule has 1 fully saturated rings. The van der Waals surface area contributed by atoms with E-state index in [1.165, 1.54) is 6.42 Å². The van der Waals surface area contributed by atoms with Crippen LogP contribution in [0.15, 0.2) is 18.6 Å². The van der Waals surface area contributed by atoms with Gasteiger partial charge in [-0.15, -0.1) is 0 Å². The zero-order valence-electron chi connectivity index (χ0n) is 9.72. The van der Waals surface area contributed by atoms with E-state index in [0.717, 1.165) is 31.9 Å². The van der Waals surface area contributed by atoms with Gasteiger partial charge in [-0.05, 0) is 19.4 Å². The Balaban J connectivity index is 2.09. The molecule has 4 heteroatoms. The van der Waals surface area contributed by atoms with Crippen LogP contribution in [0.4, 0.5) is 0 Å². The van der Waals surface area contributed by atoms with E-state index in [4.69, 9.17) is 4.74 Å². The van der Waals surface area contributed by atoms with Gasteiger partial charge in [0.05, 0.1) is 18.3 Å². The zero-order valence-corrected chi connectivity index (χ0v) is 9.72. The maximum absolute atomic E-state index is 5.54. The molecule has 0 aromatic carbocycles. The van der Waals surface area contributed by atoms with Gasteiger partial charge in [0.2, 0.25) is 0 Å². The summed E-state index contributed by atoms with van der Waals surface area (Å²) in [4.78, 5) is 8.53. The summed E-state index contributed by atoms with van der Waals surface area (Å²) in [5.74, 6) is 0.519. The van der Waals surface area contributed by atoms with Gasteiger partial charge in [0, 0.05) is 31.1 Å². The number of aromatic nitrogens is 2. The van der Waals surface area contributed by atoms with E-state index in [1.807, 2.05) is 6.20 Å². The molecule has 4 nitrogen and oxygen atoms in total. The lowest BCUT2D eigenvalue weighted by Gasteiger charge is -2.30. The van der Waals surface area contributed by atoms with Crippen LogP contribution in [0, 0.1) is 5.92 Å². The topological polar surface area (TPSA) is 47.0 Å². The molecule has 88 valence electrons. The fourth-order valence-electron chi connectivity index (χ4n) is 2.23. The quantitative estimate of drug-likeness (QED) is 0.838. The summed E-state index contributed by atoms with van der Waals surface area (Å²) >= 11 is 0. The molecule has 0 saturated carbocycles. The van der Waals surface area contributed by atoms with Gasteiger partial charge in [-0.1, -0.05) is 6.92 Å². The normalized spacial score (nSPS) is 22.9. The Morgan fingerprint density at radius 1 is 1.56 bits per heavy atom. The maximum atomic E-state index is 5.54. The maximum Gasteiger partial charge on any atom is 0.0759 e. The van der Waals surface area contributed by atoms with Gasteiger partial charge < -0.3 is 10.1 Å². The summed E-state index contributed by atoms with van der Waals surface area (Å²) in [5, 5.41) is 3.49. The Bertz CT molecular complexity index is 298. The van der Waals surface area contributed by atoms with Crippen molar-refractivity contribution in [2.24, 2.45) is 5.92 Å². The Kier molecular flexibility index (Phi) is 4.25. The highest BCUT2D eigenvalue weighted by molar-refractivity contribution is 5.04. The first kappa shape index (κ1) is 11.5. The molecule has 0 bridgehead atoms. The molecule has 1 saturated heterocycles. The molecule has 1 aliphatic rings. The van der Waals surface area contributed by atoms with Crippen molar-refractivity contribution in [1.29, 1.82) is 0 Å². The fraction of sp³-hybridized carbons (Fsp3) is 0.667. The summed E-state index contributed by atoms with van der Waals surface area (Å²) in [5.41, 5.74) is 1.03. The molecule has 0 spiro atoms. The Labute approximate surface area is 96.4 Å². The molecule has 0 amide bonds. The van der Waals surface area contributed by atoms with Crippen molar-refractivity contribution in [2.75, 3.05) is 19.8 Å². The first-order valence-electron chi connectivity index (χ1n) is 5.99. The lowest BCUT2D eigenvalue weighted by atomic mass is 9.91. The third kappa shape index (κ3) is 2.77. The van der Waals surface area contributed by atoms with Crippen molar-refractivity contribution in [3.8, 4) is 0 Å². The lowest BCUT2D eigenvalue weighted by molar-refractivity contribution is 0.0386. The molecular formula is C12H19N3O. The number of hydrogen-bond acceptors (Lipinski definition) is 4. The molecular weight excluding hydrogens is 202 g/mol. The SMILES string of the molecule is CCNC(c1cnccn1)C1CCCOC1. The minimum absolute atomic E-state index is 0.277. The molecule has 1 aliphatic heterocycles. The van der Waals surface area contributed by atoms with E-state index in [9.17, 15) is 0 Å². The molecule has 2 rings (SSSR count). The smallest absolute Gasteiger partial charge is 0.0759 e. The molecule has 2 heterocycles. The number of nitrogens with zero attached hydrogens (tertiary/aromatic N) is 2. The number of rotatable bonds is 4. The number of hydrogen-bond donors (Lipinski definition) is 1. The molecule has 1 aromatic rings. The summed E-state index contributed by atoms with van der Waals surface area (Å²) in [6.45, 7) is 4.79. The molecule has 0 aliphatic carbocycles. The second kappa shape index (κ2) is 5.92. The van der Waals surface area contributed by atoms with Gasteiger partial charge in [0.25, 0.3) is 0 Å². The van der Waals surface area contributed by atoms with Crippen molar-refractivity contribution in [2.45, 2.75) is 25.8 Å². The van der Waals surface area contributed by atoms with Crippen molar-refractivity contribution in [3.63, 3.8) is 0 Å². The summed E-state index contributed by atoms with van der Waals surface area (Å²) in [7, 11) is 0.